The standard InChI is InChI=1S/C16H30N4O/c1-2-17-16(19-12-15(21)20-14-9-10-14)18-11-5-8-13-6-3-4-7-13/h13-14H,2-12H2,1H3,(H,20,21)(H2,17,18,19). The maximum absolute atomic E-state index is 11.6. The number of carbonyl (C=O) groups is 1. The molecular weight excluding hydrogens is 264 g/mol. The van der Waals surface area contributed by atoms with Gasteiger partial charge in [-0.15, -0.1) is 0 Å². The zero-order valence-electron chi connectivity index (χ0n) is 13.3. The first kappa shape index (κ1) is 16.1. The van der Waals surface area contributed by atoms with Crippen molar-refractivity contribution in [1.29, 1.82) is 0 Å². The summed E-state index contributed by atoms with van der Waals surface area (Å²) in [7, 11) is 0. The zero-order valence-corrected chi connectivity index (χ0v) is 13.3. The van der Waals surface area contributed by atoms with E-state index in [1.807, 2.05) is 6.92 Å². The second-order valence-corrected chi connectivity index (χ2v) is 6.26. The minimum atomic E-state index is 0.0284. The summed E-state index contributed by atoms with van der Waals surface area (Å²) in [5.41, 5.74) is 0. The monoisotopic (exact) mass is 294 g/mol. The van der Waals surface area contributed by atoms with Crippen LogP contribution in [-0.2, 0) is 4.79 Å². The van der Waals surface area contributed by atoms with E-state index in [1.165, 1.54) is 38.5 Å². The summed E-state index contributed by atoms with van der Waals surface area (Å²) in [6.07, 6.45) is 10.4. The van der Waals surface area contributed by atoms with Crippen LogP contribution < -0.4 is 16.0 Å². The molecule has 120 valence electrons. The van der Waals surface area contributed by atoms with Gasteiger partial charge in [-0.1, -0.05) is 25.7 Å². The number of aliphatic imine (C=N–C) groups is 1. The van der Waals surface area contributed by atoms with Gasteiger partial charge in [-0.05, 0) is 38.5 Å². The Balaban J connectivity index is 1.60. The van der Waals surface area contributed by atoms with E-state index < -0.39 is 0 Å². The number of hydrogen-bond acceptors (Lipinski definition) is 2. The van der Waals surface area contributed by atoms with E-state index in [0.29, 0.717) is 6.04 Å². The van der Waals surface area contributed by atoms with Crippen molar-refractivity contribution in [1.82, 2.24) is 16.0 Å². The van der Waals surface area contributed by atoms with E-state index in [2.05, 4.69) is 20.9 Å². The number of carbonyl (C=O) groups excluding carboxylic acids is 1. The van der Waals surface area contributed by atoms with Gasteiger partial charge in [0.1, 0.15) is 6.54 Å². The molecule has 2 aliphatic rings. The molecule has 2 saturated carbocycles. The van der Waals surface area contributed by atoms with Crippen LogP contribution in [0.15, 0.2) is 4.99 Å². The number of hydrogen-bond donors (Lipinski definition) is 3. The van der Waals surface area contributed by atoms with Crippen molar-refractivity contribution in [2.45, 2.75) is 64.3 Å². The lowest BCUT2D eigenvalue weighted by Gasteiger charge is -2.13. The molecule has 5 heteroatoms. The molecule has 0 radical (unpaired) electrons. The van der Waals surface area contributed by atoms with Gasteiger partial charge in [-0.2, -0.15) is 0 Å². The summed E-state index contributed by atoms with van der Waals surface area (Å²) in [5, 5.41) is 9.48. The summed E-state index contributed by atoms with van der Waals surface area (Å²) in [6.45, 7) is 4.01. The minimum absolute atomic E-state index is 0.0284. The van der Waals surface area contributed by atoms with Crippen LogP contribution in [0.25, 0.3) is 0 Å². The van der Waals surface area contributed by atoms with Crippen LogP contribution in [0, 0.1) is 5.92 Å². The predicted octanol–water partition coefficient (Wildman–Crippen LogP) is 1.79. The van der Waals surface area contributed by atoms with E-state index >= 15 is 0 Å². The summed E-state index contributed by atoms with van der Waals surface area (Å²) in [4.78, 5) is 16.0. The molecule has 0 aromatic carbocycles. The van der Waals surface area contributed by atoms with Crippen molar-refractivity contribution in [2.75, 3.05) is 19.6 Å². The summed E-state index contributed by atoms with van der Waals surface area (Å²) in [5.74, 6) is 1.73. The average Bonchev–Trinajstić information content (AvgIpc) is 3.13. The zero-order chi connectivity index (χ0) is 14.9. The lowest BCUT2D eigenvalue weighted by Crippen LogP contribution is -2.39. The Labute approximate surface area is 128 Å². The normalized spacial score (nSPS) is 19.6. The van der Waals surface area contributed by atoms with Gasteiger partial charge in [-0.25, -0.2) is 4.99 Å². The van der Waals surface area contributed by atoms with Gasteiger partial charge in [0, 0.05) is 19.1 Å². The summed E-state index contributed by atoms with van der Waals surface area (Å²) < 4.78 is 0. The van der Waals surface area contributed by atoms with Crippen molar-refractivity contribution in [3.05, 3.63) is 0 Å². The third kappa shape index (κ3) is 6.82. The third-order valence-corrected chi connectivity index (χ3v) is 4.22. The van der Waals surface area contributed by atoms with E-state index in [-0.39, 0.29) is 12.5 Å². The van der Waals surface area contributed by atoms with Gasteiger partial charge >= 0.3 is 0 Å². The highest BCUT2D eigenvalue weighted by atomic mass is 16.2. The molecule has 0 aromatic rings. The molecule has 1 amide bonds. The van der Waals surface area contributed by atoms with Crippen molar-refractivity contribution in [2.24, 2.45) is 10.9 Å². The van der Waals surface area contributed by atoms with Crippen molar-refractivity contribution in [3.8, 4) is 0 Å². The van der Waals surface area contributed by atoms with Gasteiger partial charge in [0.05, 0.1) is 0 Å². The highest BCUT2D eigenvalue weighted by Gasteiger charge is 2.22. The molecule has 0 bridgehead atoms. The molecule has 0 aliphatic heterocycles. The summed E-state index contributed by atoms with van der Waals surface area (Å²) >= 11 is 0. The maximum Gasteiger partial charge on any atom is 0.242 e. The highest BCUT2D eigenvalue weighted by molar-refractivity contribution is 5.85. The lowest BCUT2D eigenvalue weighted by atomic mass is 10.0. The number of nitrogens with zero attached hydrogens (tertiary/aromatic N) is 1. The molecule has 0 atom stereocenters. The van der Waals surface area contributed by atoms with Crippen molar-refractivity contribution < 1.29 is 4.79 Å². The highest BCUT2D eigenvalue weighted by Crippen LogP contribution is 2.28. The van der Waals surface area contributed by atoms with Crippen molar-refractivity contribution >= 4 is 11.9 Å². The maximum atomic E-state index is 11.6. The lowest BCUT2D eigenvalue weighted by molar-refractivity contribution is -0.119. The molecule has 0 saturated heterocycles. The molecule has 21 heavy (non-hydrogen) atoms. The third-order valence-electron chi connectivity index (χ3n) is 4.22. The molecule has 2 rings (SSSR count). The van der Waals surface area contributed by atoms with Gasteiger partial charge in [0.2, 0.25) is 5.91 Å². The molecule has 0 unspecified atom stereocenters. The van der Waals surface area contributed by atoms with Crippen LogP contribution >= 0.6 is 0 Å². The number of amides is 1. The first-order valence-electron chi connectivity index (χ1n) is 8.59. The number of guanidine groups is 1. The Morgan fingerprint density at radius 1 is 1.14 bits per heavy atom. The van der Waals surface area contributed by atoms with E-state index in [0.717, 1.165) is 37.8 Å². The van der Waals surface area contributed by atoms with E-state index in [4.69, 9.17) is 0 Å². The molecule has 0 aromatic heterocycles. The van der Waals surface area contributed by atoms with Gasteiger partial charge in [0.15, 0.2) is 5.96 Å². The van der Waals surface area contributed by atoms with Crippen LogP contribution in [0.3, 0.4) is 0 Å². The first-order chi connectivity index (χ1) is 10.3. The fourth-order valence-electron chi connectivity index (χ4n) is 2.89. The quantitative estimate of drug-likeness (QED) is 0.363. The van der Waals surface area contributed by atoms with E-state index in [9.17, 15) is 4.79 Å². The number of nitrogens with one attached hydrogen (secondary N) is 3. The first-order valence-corrected chi connectivity index (χ1v) is 8.59. The molecule has 2 fully saturated rings. The Morgan fingerprint density at radius 3 is 2.57 bits per heavy atom. The van der Waals surface area contributed by atoms with Crippen molar-refractivity contribution in [3.63, 3.8) is 0 Å². The molecule has 2 aliphatic carbocycles. The van der Waals surface area contributed by atoms with Crippen LogP contribution in [-0.4, -0.2) is 37.5 Å². The number of rotatable bonds is 8. The molecule has 3 N–H and O–H groups in total. The largest absolute Gasteiger partial charge is 0.357 e. The van der Waals surface area contributed by atoms with Gasteiger partial charge in [-0.3, -0.25) is 4.79 Å². The Morgan fingerprint density at radius 2 is 1.90 bits per heavy atom. The topological polar surface area (TPSA) is 65.5 Å². The summed E-state index contributed by atoms with van der Waals surface area (Å²) in [6, 6.07) is 0.412. The van der Waals surface area contributed by atoms with Crippen LogP contribution in [0.2, 0.25) is 0 Å². The van der Waals surface area contributed by atoms with Crippen LogP contribution in [0.5, 0.6) is 0 Å². The van der Waals surface area contributed by atoms with Crippen LogP contribution in [0.1, 0.15) is 58.3 Å². The van der Waals surface area contributed by atoms with Gasteiger partial charge < -0.3 is 16.0 Å². The fourth-order valence-corrected chi connectivity index (χ4v) is 2.89. The average molecular weight is 294 g/mol. The van der Waals surface area contributed by atoms with E-state index in [1.54, 1.807) is 0 Å². The molecule has 0 spiro atoms. The minimum Gasteiger partial charge on any atom is -0.357 e. The smallest absolute Gasteiger partial charge is 0.242 e. The SMILES string of the molecule is CCNC(=NCC(=O)NC1CC1)NCCCC1CCCC1. The second-order valence-electron chi connectivity index (χ2n) is 6.26. The molecular formula is C16H30N4O. The Bertz CT molecular complexity index is 346. The molecule has 0 heterocycles. The Hall–Kier alpha value is -1.26. The Kier molecular flexibility index (Phi) is 6.83. The van der Waals surface area contributed by atoms with Crippen LogP contribution in [0.4, 0.5) is 0 Å². The van der Waals surface area contributed by atoms with Gasteiger partial charge in [0.25, 0.3) is 0 Å². The second kappa shape index (κ2) is 8.90. The predicted molar refractivity (Wildman–Crippen MR) is 86.3 cm³/mol. The fraction of sp³-hybridized carbons (Fsp3) is 0.875. The molecule has 5 nitrogen and oxygen atoms in total.